The highest BCUT2D eigenvalue weighted by Gasteiger charge is 2.10. The molecule has 0 radical (unpaired) electrons. The van der Waals surface area contributed by atoms with Crippen molar-refractivity contribution in [2.45, 2.75) is 13.2 Å². The molecule has 2 rings (SSSR count). The number of halogens is 2. The van der Waals surface area contributed by atoms with Gasteiger partial charge in [0.05, 0.1) is 12.7 Å². The molecule has 0 saturated carbocycles. The minimum absolute atomic E-state index is 0.00956. The summed E-state index contributed by atoms with van der Waals surface area (Å²) in [4.78, 5) is 19.7. The van der Waals surface area contributed by atoms with E-state index in [1.165, 1.54) is 43.9 Å². The molecule has 0 aliphatic rings. The van der Waals surface area contributed by atoms with Crippen molar-refractivity contribution in [3.05, 3.63) is 47.9 Å². The molecule has 1 aromatic heterocycles. The zero-order chi connectivity index (χ0) is 15.9. The predicted octanol–water partition coefficient (Wildman–Crippen LogP) is 2.02. The molecular weight excluding hydrogens is 296 g/mol. The van der Waals surface area contributed by atoms with Gasteiger partial charge in [-0.2, -0.15) is 8.78 Å². The third-order valence-corrected chi connectivity index (χ3v) is 2.72. The van der Waals surface area contributed by atoms with Gasteiger partial charge in [0.1, 0.15) is 12.1 Å². The second-order valence-electron chi connectivity index (χ2n) is 4.14. The fourth-order valence-electron chi connectivity index (χ4n) is 1.72. The van der Waals surface area contributed by atoms with Gasteiger partial charge in [-0.05, 0) is 24.3 Å². The quantitative estimate of drug-likeness (QED) is 0.883. The first-order valence-electron chi connectivity index (χ1n) is 6.26. The topological polar surface area (TPSA) is 73.3 Å². The van der Waals surface area contributed by atoms with Crippen LogP contribution < -0.4 is 14.8 Å². The molecule has 0 saturated heterocycles. The molecule has 0 aliphatic heterocycles. The molecule has 0 spiro atoms. The predicted molar refractivity (Wildman–Crippen MR) is 72.8 cm³/mol. The number of hydrogen-bond acceptors (Lipinski definition) is 5. The van der Waals surface area contributed by atoms with Crippen LogP contribution in [0.4, 0.5) is 8.78 Å². The second-order valence-corrected chi connectivity index (χ2v) is 4.14. The number of hydrogen-bond donors (Lipinski definition) is 1. The molecule has 0 aliphatic carbocycles. The third kappa shape index (κ3) is 4.11. The maximum atomic E-state index is 12.0. The SMILES string of the molecule is COc1ncncc1CNC(=O)c1ccc(OC(F)F)cc1. The van der Waals surface area contributed by atoms with Crippen LogP contribution in [-0.4, -0.2) is 29.6 Å². The van der Waals surface area contributed by atoms with E-state index in [4.69, 9.17) is 4.74 Å². The summed E-state index contributed by atoms with van der Waals surface area (Å²) in [6.07, 6.45) is 2.87. The van der Waals surface area contributed by atoms with E-state index in [9.17, 15) is 13.6 Å². The maximum Gasteiger partial charge on any atom is 0.387 e. The Morgan fingerprint density at radius 1 is 1.32 bits per heavy atom. The molecule has 0 unspecified atom stereocenters. The number of alkyl halides is 2. The number of rotatable bonds is 6. The number of aromatic nitrogens is 2. The lowest BCUT2D eigenvalue weighted by atomic mass is 10.2. The Morgan fingerprint density at radius 2 is 2.05 bits per heavy atom. The Bertz CT molecular complexity index is 635. The monoisotopic (exact) mass is 309 g/mol. The molecule has 1 aromatic carbocycles. The molecule has 1 heterocycles. The standard InChI is InChI=1S/C14H13F2N3O3/c1-21-13-10(6-17-8-19-13)7-18-12(20)9-2-4-11(5-3-9)22-14(15)16/h2-6,8,14H,7H2,1H3,(H,18,20). The lowest BCUT2D eigenvalue weighted by Crippen LogP contribution is -2.23. The Balaban J connectivity index is 1.97. The van der Waals surface area contributed by atoms with E-state index in [1.54, 1.807) is 0 Å². The van der Waals surface area contributed by atoms with Gasteiger partial charge >= 0.3 is 6.61 Å². The zero-order valence-electron chi connectivity index (χ0n) is 11.6. The van der Waals surface area contributed by atoms with E-state index in [0.29, 0.717) is 17.0 Å². The maximum absolute atomic E-state index is 12.0. The van der Waals surface area contributed by atoms with Crippen LogP contribution in [0.1, 0.15) is 15.9 Å². The van der Waals surface area contributed by atoms with Crippen molar-refractivity contribution < 1.29 is 23.0 Å². The van der Waals surface area contributed by atoms with E-state index in [2.05, 4.69) is 20.0 Å². The summed E-state index contributed by atoms with van der Waals surface area (Å²) < 4.78 is 33.3. The fraction of sp³-hybridized carbons (Fsp3) is 0.214. The van der Waals surface area contributed by atoms with Crippen LogP contribution in [0.3, 0.4) is 0 Å². The molecule has 6 nitrogen and oxygen atoms in total. The molecule has 116 valence electrons. The average Bonchev–Trinajstić information content (AvgIpc) is 2.53. The highest BCUT2D eigenvalue weighted by Crippen LogP contribution is 2.15. The molecule has 0 bridgehead atoms. The van der Waals surface area contributed by atoms with Crippen molar-refractivity contribution in [1.82, 2.24) is 15.3 Å². The minimum Gasteiger partial charge on any atom is -0.481 e. The Morgan fingerprint density at radius 3 is 2.68 bits per heavy atom. The van der Waals surface area contributed by atoms with Crippen LogP contribution in [-0.2, 0) is 6.54 Å². The smallest absolute Gasteiger partial charge is 0.387 e. The summed E-state index contributed by atoms with van der Waals surface area (Å²) in [5.74, 6) is -0.00448. The highest BCUT2D eigenvalue weighted by molar-refractivity contribution is 5.94. The van der Waals surface area contributed by atoms with E-state index >= 15 is 0 Å². The van der Waals surface area contributed by atoms with Gasteiger partial charge < -0.3 is 14.8 Å². The van der Waals surface area contributed by atoms with Gasteiger partial charge in [0.2, 0.25) is 5.88 Å². The molecule has 1 amide bonds. The first-order valence-corrected chi connectivity index (χ1v) is 6.26. The van der Waals surface area contributed by atoms with E-state index in [1.807, 2.05) is 0 Å². The Kier molecular flexibility index (Phi) is 5.18. The number of nitrogens with zero attached hydrogens (tertiary/aromatic N) is 2. The molecule has 22 heavy (non-hydrogen) atoms. The number of methoxy groups -OCH3 is 1. The lowest BCUT2D eigenvalue weighted by Gasteiger charge is -2.09. The Labute approximate surface area is 125 Å². The molecule has 8 heteroatoms. The largest absolute Gasteiger partial charge is 0.481 e. The Hall–Kier alpha value is -2.77. The van der Waals surface area contributed by atoms with Gasteiger partial charge in [0.15, 0.2) is 0 Å². The summed E-state index contributed by atoms with van der Waals surface area (Å²) in [6, 6.07) is 5.39. The summed E-state index contributed by atoms with van der Waals surface area (Å²) >= 11 is 0. The molecule has 0 atom stereocenters. The van der Waals surface area contributed by atoms with Crippen molar-refractivity contribution in [1.29, 1.82) is 0 Å². The van der Waals surface area contributed by atoms with Gasteiger partial charge in [-0.25, -0.2) is 9.97 Å². The average molecular weight is 309 g/mol. The van der Waals surface area contributed by atoms with Crippen LogP contribution in [0, 0.1) is 0 Å². The summed E-state index contributed by atoms with van der Waals surface area (Å²) in [6.45, 7) is -2.72. The number of ether oxygens (including phenoxy) is 2. The van der Waals surface area contributed by atoms with Crippen molar-refractivity contribution in [2.24, 2.45) is 0 Å². The number of carbonyl (C=O) groups is 1. The van der Waals surface area contributed by atoms with Crippen LogP contribution in [0.5, 0.6) is 11.6 Å². The number of nitrogens with one attached hydrogen (secondary N) is 1. The summed E-state index contributed by atoms with van der Waals surface area (Å²) in [5.41, 5.74) is 0.938. The highest BCUT2D eigenvalue weighted by atomic mass is 19.3. The van der Waals surface area contributed by atoms with Crippen molar-refractivity contribution >= 4 is 5.91 Å². The van der Waals surface area contributed by atoms with Crippen LogP contribution >= 0.6 is 0 Å². The number of carbonyl (C=O) groups excluding carboxylic acids is 1. The molecule has 2 aromatic rings. The van der Waals surface area contributed by atoms with Crippen LogP contribution in [0.25, 0.3) is 0 Å². The molecular formula is C14H13F2N3O3. The molecule has 1 N–H and O–H groups in total. The number of benzene rings is 1. The molecule has 0 fully saturated rings. The second kappa shape index (κ2) is 7.30. The summed E-state index contributed by atoms with van der Waals surface area (Å²) in [7, 11) is 1.47. The normalized spacial score (nSPS) is 10.4. The minimum atomic E-state index is -2.90. The lowest BCUT2D eigenvalue weighted by molar-refractivity contribution is -0.0498. The van der Waals surface area contributed by atoms with E-state index in [-0.39, 0.29) is 18.2 Å². The van der Waals surface area contributed by atoms with Crippen molar-refractivity contribution in [3.63, 3.8) is 0 Å². The van der Waals surface area contributed by atoms with Crippen LogP contribution in [0.2, 0.25) is 0 Å². The van der Waals surface area contributed by atoms with Crippen LogP contribution in [0.15, 0.2) is 36.8 Å². The fourth-order valence-corrected chi connectivity index (χ4v) is 1.72. The first-order chi connectivity index (χ1) is 10.6. The van der Waals surface area contributed by atoms with Gasteiger partial charge in [0, 0.05) is 18.3 Å². The first kappa shape index (κ1) is 15.6. The van der Waals surface area contributed by atoms with Gasteiger partial charge in [0.25, 0.3) is 5.91 Å². The third-order valence-electron chi connectivity index (χ3n) is 2.72. The van der Waals surface area contributed by atoms with E-state index < -0.39 is 6.61 Å². The number of amides is 1. The zero-order valence-corrected chi connectivity index (χ0v) is 11.6. The summed E-state index contributed by atoms with van der Waals surface area (Å²) in [5, 5.41) is 2.66. The van der Waals surface area contributed by atoms with E-state index in [0.717, 1.165) is 0 Å². The van der Waals surface area contributed by atoms with Gasteiger partial charge in [-0.15, -0.1) is 0 Å². The van der Waals surface area contributed by atoms with Crippen molar-refractivity contribution in [2.75, 3.05) is 7.11 Å². The van der Waals surface area contributed by atoms with Crippen molar-refractivity contribution in [3.8, 4) is 11.6 Å². The van der Waals surface area contributed by atoms with Gasteiger partial charge in [-0.3, -0.25) is 4.79 Å². The van der Waals surface area contributed by atoms with Gasteiger partial charge in [-0.1, -0.05) is 0 Å².